The average Bonchev–Trinajstić information content (AvgIpc) is 2.08. The zero-order valence-electron chi connectivity index (χ0n) is 8.13. The molecule has 0 atom stereocenters. The molecule has 0 aliphatic rings. The Morgan fingerprint density at radius 3 is 2.54 bits per heavy atom. The van der Waals surface area contributed by atoms with Gasteiger partial charge in [0.25, 0.3) is 0 Å². The molecule has 0 heterocycles. The summed E-state index contributed by atoms with van der Waals surface area (Å²) in [6.07, 6.45) is 0. The summed E-state index contributed by atoms with van der Waals surface area (Å²) in [5.74, 6) is 0. The van der Waals surface area contributed by atoms with Gasteiger partial charge in [-0.25, -0.2) is 0 Å². The number of allylic oxidation sites excluding steroid dienone is 1. The van der Waals surface area contributed by atoms with Crippen LogP contribution in [0.15, 0.2) is 36.5 Å². The van der Waals surface area contributed by atoms with Crippen molar-refractivity contribution in [1.82, 2.24) is 5.48 Å². The first-order valence-electron chi connectivity index (χ1n) is 4.27. The summed E-state index contributed by atoms with van der Waals surface area (Å²) in [7, 11) is 0. The standard InChI is InChI=1S/C11H15NO/c1-9(2)12-13-8-11-6-4-10(3)5-7-11/h4-7,12H,1,8H2,2-3H3. The molecule has 0 aliphatic carbocycles. The summed E-state index contributed by atoms with van der Waals surface area (Å²) in [6.45, 7) is 8.15. The second-order valence-corrected chi connectivity index (χ2v) is 3.16. The van der Waals surface area contributed by atoms with Crippen molar-refractivity contribution in [2.75, 3.05) is 0 Å². The molecular formula is C11H15NO. The first-order chi connectivity index (χ1) is 6.18. The van der Waals surface area contributed by atoms with Crippen LogP contribution in [0.3, 0.4) is 0 Å². The van der Waals surface area contributed by atoms with Gasteiger partial charge in [-0.15, -0.1) is 0 Å². The summed E-state index contributed by atoms with van der Waals surface area (Å²) in [4.78, 5) is 5.17. The van der Waals surface area contributed by atoms with E-state index in [1.165, 1.54) is 5.56 Å². The minimum absolute atomic E-state index is 0.563. The smallest absolute Gasteiger partial charge is 0.0996 e. The molecular weight excluding hydrogens is 162 g/mol. The molecule has 1 aromatic rings. The maximum atomic E-state index is 5.17. The Morgan fingerprint density at radius 2 is 2.00 bits per heavy atom. The highest BCUT2D eigenvalue weighted by Gasteiger charge is 1.91. The Labute approximate surface area is 79.2 Å². The summed E-state index contributed by atoms with van der Waals surface area (Å²) in [5, 5.41) is 0. The van der Waals surface area contributed by atoms with E-state index >= 15 is 0 Å². The van der Waals surface area contributed by atoms with E-state index in [1.54, 1.807) is 0 Å². The van der Waals surface area contributed by atoms with Gasteiger partial charge in [-0.3, -0.25) is 10.3 Å². The molecule has 0 bridgehead atoms. The largest absolute Gasteiger partial charge is 0.272 e. The molecule has 0 unspecified atom stereocenters. The first-order valence-corrected chi connectivity index (χ1v) is 4.27. The lowest BCUT2D eigenvalue weighted by Gasteiger charge is -2.05. The van der Waals surface area contributed by atoms with Crippen LogP contribution in [0, 0.1) is 6.92 Å². The van der Waals surface area contributed by atoms with Crippen LogP contribution in [0.2, 0.25) is 0 Å². The normalized spacial score (nSPS) is 9.69. The van der Waals surface area contributed by atoms with Gasteiger partial charge >= 0.3 is 0 Å². The molecule has 0 fully saturated rings. The number of benzene rings is 1. The van der Waals surface area contributed by atoms with Crippen molar-refractivity contribution in [1.29, 1.82) is 0 Å². The van der Waals surface area contributed by atoms with Crippen LogP contribution in [0.5, 0.6) is 0 Å². The third-order valence-corrected chi connectivity index (χ3v) is 1.61. The molecule has 0 saturated heterocycles. The number of rotatable bonds is 4. The maximum Gasteiger partial charge on any atom is 0.0996 e. The first kappa shape index (κ1) is 9.81. The fourth-order valence-corrected chi connectivity index (χ4v) is 0.927. The third-order valence-electron chi connectivity index (χ3n) is 1.61. The molecule has 0 radical (unpaired) electrons. The fourth-order valence-electron chi connectivity index (χ4n) is 0.927. The van der Waals surface area contributed by atoms with Crippen LogP contribution in [-0.4, -0.2) is 0 Å². The van der Waals surface area contributed by atoms with E-state index in [4.69, 9.17) is 4.84 Å². The molecule has 70 valence electrons. The molecule has 0 amide bonds. The molecule has 0 aromatic heterocycles. The summed E-state index contributed by atoms with van der Waals surface area (Å²) in [6, 6.07) is 8.24. The highest BCUT2D eigenvalue weighted by Crippen LogP contribution is 2.03. The minimum Gasteiger partial charge on any atom is -0.272 e. The molecule has 1 N–H and O–H groups in total. The van der Waals surface area contributed by atoms with Gasteiger partial charge in [0, 0.05) is 5.70 Å². The summed E-state index contributed by atoms with van der Waals surface area (Å²) >= 11 is 0. The van der Waals surface area contributed by atoms with Crippen molar-refractivity contribution < 1.29 is 4.84 Å². The average molecular weight is 177 g/mol. The minimum atomic E-state index is 0.563. The zero-order chi connectivity index (χ0) is 9.68. The van der Waals surface area contributed by atoms with Gasteiger partial charge in [0.15, 0.2) is 0 Å². The fraction of sp³-hybridized carbons (Fsp3) is 0.273. The molecule has 1 aromatic carbocycles. The van der Waals surface area contributed by atoms with Crippen LogP contribution in [0.25, 0.3) is 0 Å². The van der Waals surface area contributed by atoms with Crippen molar-refractivity contribution in [3.05, 3.63) is 47.7 Å². The monoisotopic (exact) mass is 177 g/mol. The summed E-state index contributed by atoms with van der Waals surface area (Å²) in [5.41, 5.74) is 5.94. The molecule has 1 rings (SSSR count). The number of hydroxylamine groups is 1. The van der Waals surface area contributed by atoms with Crippen LogP contribution in [-0.2, 0) is 11.4 Å². The Morgan fingerprint density at radius 1 is 1.38 bits per heavy atom. The van der Waals surface area contributed by atoms with Crippen molar-refractivity contribution in [2.24, 2.45) is 0 Å². The number of hydrogen-bond donors (Lipinski definition) is 1. The van der Waals surface area contributed by atoms with Gasteiger partial charge in [-0.2, -0.15) is 0 Å². The van der Waals surface area contributed by atoms with E-state index in [9.17, 15) is 0 Å². The quantitative estimate of drug-likeness (QED) is 0.714. The Hall–Kier alpha value is -1.28. The van der Waals surface area contributed by atoms with Crippen molar-refractivity contribution in [2.45, 2.75) is 20.5 Å². The Bertz CT molecular complexity index is 277. The van der Waals surface area contributed by atoms with Gasteiger partial charge in [0.1, 0.15) is 0 Å². The van der Waals surface area contributed by atoms with E-state index in [0.717, 1.165) is 11.3 Å². The second kappa shape index (κ2) is 4.67. The maximum absolute atomic E-state index is 5.17. The van der Waals surface area contributed by atoms with E-state index < -0.39 is 0 Å². The van der Waals surface area contributed by atoms with E-state index in [-0.39, 0.29) is 0 Å². The second-order valence-electron chi connectivity index (χ2n) is 3.16. The van der Waals surface area contributed by atoms with E-state index in [1.807, 2.05) is 6.92 Å². The van der Waals surface area contributed by atoms with Gasteiger partial charge in [0.2, 0.25) is 0 Å². The number of hydrogen-bond acceptors (Lipinski definition) is 2. The summed E-state index contributed by atoms with van der Waals surface area (Å²) < 4.78 is 0. The predicted octanol–water partition coefficient (Wildman–Crippen LogP) is 2.55. The lowest BCUT2D eigenvalue weighted by atomic mass is 10.2. The highest BCUT2D eigenvalue weighted by atomic mass is 16.6. The Kier molecular flexibility index (Phi) is 3.53. The lowest BCUT2D eigenvalue weighted by Crippen LogP contribution is -2.10. The molecule has 0 saturated carbocycles. The molecule has 13 heavy (non-hydrogen) atoms. The van der Waals surface area contributed by atoms with E-state index in [0.29, 0.717) is 6.61 Å². The van der Waals surface area contributed by atoms with Gasteiger partial charge in [0.05, 0.1) is 6.61 Å². The molecule has 2 nitrogen and oxygen atoms in total. The topological polar surface area (TPSA) is 21.3 Å². The predicted molar refractivity (Wildman–Crippen MR) is 53.9 cm³/mol. The van der Waals surface area contributed by atoms with Gasteiger partial charge in [-0.05, 0) is 19.4 Å². The molecule has 2 heteroatoms. The molecule has 0 spiro atoms. The molecule has 0 aliphatic heterocycles. The lowest BCUT2D eigenvalue weighted by molar-refractivity contribution is 0.0496. The number of nitrogens with one attached hydrogen (secondary N) is 1. The van der Waals surface area contributed by atoms with Crippen LogP contribution in [0.4, 0.5) is 0 Å². The van der Waals surface area contributed by atoms with Crippen LogP contribution < -0.4 is 5.48 Å². The number of aryl methyl sites for hydroxylation is 1. The van der Waals surface area contributed by atoms with Crippen LogP contribution in [0.1, 0.15) is 18.1 Å². The Balaban J connectivity index is 2.37. The van der Waals surface area contributed by atoms with Crippen LogP contribution >= 0.6 is 0 Å². The van der Waals surface area contributed by atoms with Crippen molar-refractivity contribution >= 4 is 0 Å². The third kappa shape index (κ3) is 3.76. The van der Waals surface area contributed by atoms with E-state index in [2.05, 4.69) is 43.2 Å². The highest BCUT2D eigenvalue weighted by molar-refractivity contribution is 5.20. The van der Waals surface area contributed by atoms with Gasteiger partial charge in [-0.1, -0.05) is 36.4 Å². The van der Waals surface area contributed by atoms with Crippen molar-refractivity contribution in [3.63, 3.8) is 0 Å². The zero-order valence-corrected chi connectivity index (χ0v) is 8.13. The van der Waals surface area contributed by atoms with Gasteiger partial charge < -0.3 is 0 Å². The SMILES string of the molecule is C=C(C)NOCc1ccc(C)cc1. The van der Waals surface area contributed by atoms with Crippen molar-refractivity contribution in [3.8, 4) is 0 Å².